The van der Waals surface area contributed by atoms with Crippen LogP contribution in [0, 0.1) is 5.92 Å². The number of rotatable bonds is 6. The maximum absolute atomic E-state index is 4.72. The van der Waals surface area contributed by atoms with Gasteiger partial charge < -0.3 is 10.2 Å². The molecule has 1 aromatic heterocycles. The second-order valence-corrected chi connectivity index (χ2v) is 6.29. The summed E-state index contributed by atoms with van der Waals surface area (Å²) in [7, 11) is 0. The number of aryl methyl sites for hydroxylation is 1. The molecule has 0 amide bonds. The number of nitrogens with zero attached hydrogens (tertiary/aromatic N) is 2. The second-order valence-electron chi connectivity index (χ2n) is 5.34. The van der Waals surface area contributed by atoms with Crippen molar-refractivity contribution in [2.75, 3.05) is 32.7 Å². The van der Waals surface area contributed by atoms with E-state index in [2.05, 4.69) is 29.4 Å². The Bertz CT molecular complexity index is 345. The zero-order valence-electron chi connectivity index (χ0n) is 11.6. The average molecular weight is 267 g/mol. The van der Waals surface area contributed by atoms with Crippen LogP contribution in [0.4, 0.5) is 0 Å². The van der Waals surface area contributed by atoms with Gasteiger partial charge >= 0.3 is 0 Å². The molecule has 4 heteroatoms. The summed E-state index contributed by atoms with van der Waals surface area (Å²) in [5.74, 6) is 0.712. The van der Waals surface area contributed by atoms with Crippen LogP contribution in [0.5, 0.6) is 0 Å². The molecule has 1 fully saturated rings. The number of piperazine rings is 1. The summed E-state index contributed by atoms with van der Waals surface area (Å²) in [5, 5.41) is 6.96. The van der Waals surface area contributed by atoms with Gasteiger partial charge in [-0.3, -0.25) is 0 Å². The summed E-state index contributed by atoms with van der Waals surface area (Å²) in [6.45, 7) is 10.5. The van der Waals surface area contributed by atoms with E-state index in [9.17, 15) is 0 Å². The molecule has 0 spiro atoms. The molecule has 0 aromatic carbocycles. The monoisotopic (exact) mass is 267 g/mol. The first-order chi connectivity index (χ1) is 8.78. The Hall–Kier alpha value is -0.450. The van der Waals surface area contributed by atoms with E-state index in [0.29, 0.717) is 5.92 Å². The fraction of sp³-hybridized carbons (Fsp3) is 0.786. The van der Waals surface area contributed by atoms with E-state index in [4.69, 9.17) is 4.98 Å². The molecule has 2 heterocycles. The molecule has 1 unspecified atom stereocenters. The Morgan fingerprint density at radius 3 is 2.94 bits per heavy atom. The number of hydrogen-bond acceptors (Lipinski definition) is 4. The summed E-state index contributed by atoms with van der Waals surface area (Å²) in [6.07, 6.45) is 3.46. The van der Waals surface area contributed by atoms with Gasteiger partial charge in [0, 0.05) is 44.5 Å². The van der Waals surface area contributed by atoms with Crippen LogP contribution in [0.3, 0.4) is 0 Å². The third-order valence-corrected chi connectivity index (χ3v) is 4.33. The van der Waals surface area contributed by atoms with E-state index in [0.717, 1.165) is 25.9 Å². The van der Waals surface area contributed by atoms with E-state index < -0.39 is 0 Å². The summed E-state index contributed by atoms with van der Waals surface area (Å²) in [4.78, 5) is 7.29. The van der Waals surface area contributed by atoms with Crippen LogP contribution in [0.25, 0.3) is 0 Å². The molecule has 0 radical (unpaired) electrons. The molecule has 1 aliphatic heterocycles. The number of thiazole rings is 1. The van der Waals surface area contributed by atoms with Crippen LogP contribution in [0.15, 0.2) is 5.38 Å². The van der Waals surface area contributed by atoms with Crippen molar-refractivity contribution in [3.05, 3.63) is 16.1 Å². The topological polar surface area (TPSA) is 28.2 Å². The minimum Gasteiger partial charge on any atom is -0.314 e. The highest BCUT2D eigenvalue weighted by atomic mass is 32.1. The van der Waals surface area contributed by atoms with E-state index in [1.165, 1.54) is 36.8 Å². The van der Waals surface area contributed by atoms with E-state index >= 15 is 0 Å². The Labute approximate surface area is 115 Å². The average Bonchev–Trinajstić information content (AvgIpc) is 2.78. The molecular weight excluding hydrogens is 242 g/mol. The standard InChI is InChI=1S/C14H25N3S/c1-3-4-13-11-18-14(16-13)9-12(2)10-17-7-5-15-6-8-17/h11-12,15H,3-10H2,1-2H3. The summed E-state index contributed by atoms with van der Waals surface area (Å²) in [5.41, 5.74) is 1.28. The lowest BCUT2D eigenvalue weighted by molar-refractivity contribution is 0.211. The van der Waals surface area contributed by atoms with Crippen molar-refractivity contribution in [2.45, 2.75) is 33.1 Å². The Morgan fingerprint density at radius 1 is 1.44 bits per heavy atom. The molecule has 1 aromatic rings. The minimum absolute atomic E-state index is 0.712. The molecule has 1 N–H and O–H groups in total. The summed E-state index contributed by atoms with van der Waals surface area (Å²) in [6, 6.07) is 0. The third kappa shape index (κ3) is 4.34. The SMILES string of the molecule is CCCc1csc(CC(C)CN2CCNCC2)n1. The van der Waals surface area contributed by atoms with Crippen LogP contribution in [-0.4, -0.2) is 42.6 Å². The number of hydrogen-bond donors (Lipinski definition) is 1. The highest BCUT2D eigenvalue weighted by Crippen LogP contribution is 2.16. The third-order valence-electron chi connectivity index (χ3n) is 3.41. The van der Waals surface area contributed by atoms with Crippen molar-refractivity contribution in [1.82, 2.24) is 15.2 Å². The maximum atomic E-state index is 4.72. The predicted molar refractivity (Wildman–Crippen MR) is 78.3 cm³/mol. The predicted octanol–water partition coefficient (Wildman–Crippen LogP) is 2.18. The van der Waals surface area contributed by atoms with Crippen molar-refractivity contribution in [3.63, 3.8) is 0 Å². The first-order valence-electron chi connectivity index (χ1n) is 7.14. The van der Waals surface area contributed by atoms with Gasteiger partial charge in [0.2, 0.25) is 0 Å². The molecule has 0 saturated carbocycles. The normalized spacial score (nSPS) is 19.0. The van der Waals surface area contributed by atoms with Gasteiger partial charge in [0.25, 0.3) is 0 Å². The Kier molecular flexibility index (Phi) is 5.60. The molecule has 1 saturated heterocycles. The molecule has 0 bridgehead atoms. The fourth-order valence-electron chi connectivity index (χ4n) is 2.51. The first kappa shape index (κ1) is 14.0. The van der Waals surface area contributed by atoms with Crippen molar-refractivity contribution in [3.8, 4) is 0 Å². The van der Waals surface area contributed by atoms with Crippen molar-refractivity contribution < 1.29 is 0 Å². The van der Waals surface area contributed by atoms with Crippen LogP contribution in [0.2, 0.25) is 0 Å². The van der Waals surface area contributed by atoms with Crippen molar-refractivity contribution in [2.24, 2.45) is 5.92 Å². The van der Waals surface area contributed by atoms with E-state index in [1.807, 2.05) is 11.3 Å². The highest BCUT2D eigenvalue weighted by molar-refractivity contribution is 7.09. The zero-order chi connectivity index (χ0) is 12.8. The van der Waals surface area contributed by atoms with Gasteiger partial charge in [0.05, 0.1) is 10.7 Å². The Morgan fingerprint density at radius 2 is 2.22 bits per heavy atom. The summed E-state index contributed by atoms with van der Waals surface area (Å²) >= 11 is 1.84. The fourth-order valence-corrected chi connectivity index (χ4v) is 3.50. The molecule has 3 nitrogen and oxygen atoms in total. The zero-order valence-corrected chi connectivity index (χ0v) is 12.4. The quantitative estimate of drug-likeness (QED) is 0.856. The summed E-state index contributed by atoms with van der Waals surface area (Å²) < 4.78 is 0. The lowest BCUT2D eigenvalue weighted by atomic mass is 10.1. The van der Waals surface area contributed by atoms with Crippen LogP contribution < -0.4 is 5.32 Å². The Balaban J connectivity index is 1.76. The molecule has 18 heavy (non-hydrogen) atoms. The lowest BCUT2D eigenvalue weighted by Gasteiger charge is -2.29. The molecule has 1 atom stereocenters. The van der Waals surface area contributed by atoms with Crippen LogP contribution >= 0.6 is 11.3 Å². The molecule has 0 aliphatic carbocycles. The highest BCUT2D eigenvalue weighted by Gasteiger charge is 2.14. The molecular formula is C14H25N3S. The number of aromatic nitrogens is 1. The van der Waals surface area contributed by atoms with Gasteiger partial charge in [-0.2, -0.15) is 0 Å². The van der Waals surface area contributed by atoms with Crippen molar-refractivity contribution >= 4 is 11.3 Å². The van der Waals surface area contributed by atoms with E-state index in [-0.39, 0.29) is 0 Å². The lowest BCUT2D eigenvalue weighted by Crippen LogP contribution is -2.45. The van der Waals surface area contributed by atoms with Crippen molar-refractivity contribution in [1.29, 1.82) is 0 Å². The molecule has 2 rings (SSSR count). The number of nitrogens with one attached hydrogen (secondary N) is 1. The van der Waals surface area contributed by atoms with Gasteiger partial charge in [0.15, 0.2) is 0 Å². The smallest absolute Gasteiger partial charge is 0.0931 e. The van der Waals surface area contributed by atoms with Gasteiger partial charge in [-0.15, -0.1) is 11.3 Å². The van der Waals surface area contributed by atoms with E-state index in [1.54, 1.807) is 0 Å². The van der Waals surface area contributed by atoms with Gasteiger partial charge in [-0.1, -0.05) is 20.3 Å². The van der Waals surface area contributed by atoms with Gasteiger partial charge in [0.1, 0.15) is 0 Å². The maximum Gasteiger partial charge on any atom is 0.0931 e. The van der Waals surface area contributed by atoms with Crippen LogP contribution in [0.1, 0.15) is 31.0 Å². The second kappa shape index (κ2) is 7.22. The minimum atomic E-state index is 0.712. The molecule has 1 aliphatic rings. The molecule has 102 valence electrons. The first-order valence-corrected chi connectivity index (χ1v) is 8.02. The largest absolute Gasteiger partial charge is 0.314 e. The van der Waals surface area contributed by atoms with Gasteiger partial charge in [-0.05, 0) is 12.3 Å². The van der Waals surface area contributed by atoms with Crippen LogP contribution in [-0.2, 0) is 12.8 Å². The van der Waals surface area contributed by atoms with Gasteiger partial charge in [-0.25, -0.2) is 4.98 Å².